The van der Waals surface area contributed by atoms with Crippen LogP contribution in [0.25, 0.3) is 0 Å². The minimum Gasteiger partial charge on any atom is -0.353 e. The van der Waals surface area contributed by atoms with E-state index in [1.807, 2.05) is 0 Å². The van der Waals surface area contributed by atoms with Crippen molar-refractivity contribution in [2.24, 2.45) is 5.92 Å². The summed E-state index contributed by atoms with van der Waals surface area (Å²) >= 11 is 0. The van der Waals surface area contributed by atoms with E-state index in [9.17, 15) is 4.79 Å². The van der Waals surface area contributed by atoms with Crippen LogP contribution in [-0.4, -0.2) is 11.9 Å². The highest BCUT2D eigenvalue weighted by Crippen LogP contribution is 2.15. The molecule has 1 aliphatic rings. The summed E-state index contributed by atoms with van der Waals surface area (Å²) in [7, 11) is 0. The number of carbonyl (C=O) groups is 1. The Morgan fingerprint density at radius 1 is 1.50 bits per heavy atom. The van der Waals surface area contributed by atoms with Gasteiger partial charge in [0, 0.05) is 12.5 Å². The van der Waals surface area contributed by atoms with Crippen LogP contribution in [0.3, 0.4) is 0 Å². The molecule has 0 spiro atoms. The maximum atomic E-state index is 10.9. The van der Waals surface area contributed by atoms with E-state index in [1.54, 1.807) is 0 Å². The number of nitrogens with one attached hydrogen (secondary N) is 1. The van der Waals surface area contributed by atoms with E-state index in [4.69, 9.17) is 0 Å². The molecule has 0 aromatic rings. The lowest BCUT2D eigenvalue weighted by molar-refractivity contribution is -0.121. The monoisotopic (exact) mass is 141 g/mol. The highest BCUT2D eigenvalue weighted by Gasteiger charge is 2.18. The van der Waals surface area contributed by atoms with Crippen molar-refractivity contribution in [3.63, 3.8) is 0 Å². The molecule has 1 amide bonds. The number of rotatable bonds is 0. The second-order valence-electron chi connectivity index (χ2n) is 3.23. The summed E-state index contributed by atoms with van der Waals surface area (Å²) in [6.45, 7) is 4.27. The predicted octanol–water partition coefficient (Wildman–Crippen LogP) is 1.31. The van der Waals surface area contributed by atoms with Crippen molar-refractivity contribution in [1.82, 2.24) is 5.32 Å². The van der Waals surface area contributed by atoms with E-state index in [-0.39, 0.29) is 5.91 Å². The SMILES string of the molecule is CC1CCCC(=O)NC1C. The molecule has 1 fully saturated rings. The van der Waals surface area contributed by atoms with Crippen molar-refractivity contribution in [3.05, 3.63) is 0 Å². The van der Waals surface area contributed by atoms with Crippen LogP contribution in [0.2, 0.25) is 0 Å². The number of amides is 1. The van der Waals surface area contributed by atoms with Crippen LogP contribution >= 0.6 is 0 Å². The zero-order chi connectivity index (χ0) is 7.56. The van der Waals surface area contributed by atoms with Gasteiger partial charge in [0.2, 0.25) is 5.91 Å². The molecule has 10 heavy (non-hydrogen) atoms. The highest BCUT2D eigenvalue weighted by molar-refractivity contribution is 5.76. The normalized spacial score (nSPS) is 34.8. The largest absolute Gasteiger partial charge is 0.353 e. The molecule has 1 heterocycles. The molecular formula is C8H15NO. The Morgan fingerprint density at radius 2 is 2.20 bits per heavy atom. The fraction of sp³-hybridized carbons (Fsp3) is 0.875. The molecular weight excluding hydrogens is 126 g/mol. The van der Waals surface area contributed by atoms with Gasteiger partial charge < -0.3 is 5.32 Å². The molecule has 2 nitrogen and oxygen atoms in total. The molecule has 1 aliphatic heterocycles. The van der Waals surface area contributed by atoms with Gasteiger partial charge in [0.15, 0.2) is 0 Å². The van der Waals surface area contributed by atoms with Crippen LogP contribution in [0, 0.1) is 5.92 Å². The summed E-state index contributed by atoms with van der Waals surface area (Å²) in [6, 6.07) is 0.370. The van der Waals surface area contributed by atoms with Gasteiger partial charge in [0.05, 0.1) is 0 Å². The number of hydrogen-bond acceptors (Lipinski definition) is 1. The van der Waals surface area contributed by atoms with Gasteiger partial charge in [0.1, 0.15) is 0 Å². The van der Waals surface area contributed by atoms with Gasteiger partial charge in [-0.2, -0.15) is 0 Å². The molecule has 1 saturated heterocycles. The first-order chi connectivity index (χ1) is 4.70. The Bertz CT molecular complexity index is 133. The Labute approximate surface area is 62.0 Å². The third-order valence-electron chi connectivity index (χ3n) is 2.31. The van der Waals surface area contributed by atoms with Crippen LogP contribution in [0.1, 0.15) is 33.1 Å². The van der Waals surface area contributed by atoms with Crippen LogP contribution < -0.4 is 5.32 Å². The fourth-order valence-corrected chi connectivity index (χ4v) is 1.30. The van der Waals surface area contributed by atoms with E-state index < -0.39 is 0 Å². The molecule has 0 aromatic heterocycles. The number of hydrogen-bond donors (Lipinski definition) is 1. The molecule has 1 rings (SSSR count). The Kier molecular flexibility index (Phi) is 2.30. The first-order valence-electron chi connectivity index (χ1n) is 3.99. The predicted molar refractivity (Wildman–Crippen MR) is 40.6 cm³/mol. The Hall–Kier alpha value is -0.530. The van der Waals surface area contributed by atoms with E-state index in [0.29, 0.717) is 18.4 Å². The quantitative estimate of drug-likeness (QED) is 0.541. The van der Waals surface area contributed by atoms with Gasteiger partial charge in [-0.05, 0) is 25.7 Å². The summed E-state index contributed by atoms with van der Waals surface area (Å²) < 4.78 is 0. The molecule has 2 atom stereocenters. The van der Waals surface area contributed by atoms with Crippen molar-refractivity contribution in [2.75, 3.05) is 0 Å². The van der Waals surface area contributed by atoms with Gasteiger partial charge in [0.25, 0.3) is 0 Å². The zero-order valence-corrected chi connectivity index (χ0v) is 6.68. The topological polar surface area (TPSA) is 29.1 Å². The van der Waals surface area contributed by atoms with Gasteiger partial charge in [-0.25, -0.2) is 0 Å². The van der Waals surface area contributed by atoms with Crippen molar-refractivity contribution in [2.45, 2.75) is 39.2 Å². The van der Waals surface area contributed by atoms with E-state index >= 15 is 0 Å². The van der Waals surface area contributed by atoms with E-state index in [0.717, 1.165) is 6.42 Å². The van der Waals surface area contributed by atoms with Crippen LogP contribution in [-0.2, 0) is 4.79 Å². The van der Waals surface area contributed by atoms with Crippen molar-refractivity contribution in [3.8, 4) is 0 Å². The van der Waals surface area contributed by atoms with E-state index in [1.165, 1.54) is 6.42 Å². The lowest BCUT2D eigenvalue weighted by atomic mass is 9.99. The maximum Gasteiger partial charge on any atom is 0.220 e. The second kappa shape index (κ2) is 3.04. The van der Waals surface area contributed by atoms with Gasteiger partial charge in [-0.15, -0.1) is 0 Å². The van der Waals surface area contributed by atoms with Crippen molar-refractivity contribution in [1.29, 1.82) is 0 Å². The molecule has 2 heteroatoms. The summed E-state index contributed by atoms with van der Waals surface area (Å²) in [4.78, 5) is 10.9. The maximum absolute atomic E-state index is 10.9. The Morgan fingerprint density at radius 3 is 2.90 bits per heavy atom. The molecule has 0 saturated carbocycles. The van der Waals surface area contributed by atoms with Gasteiger partial charge >= 0.3 is 0 Å². The Balaban J connectivity index is 2.49. The highest BCUT2D eigenvalue weighted by atomic mass is 16.1. The minimum atomic E-state index is 0.219. The van der Waals surface area contributed by atoms with Crippen molar-refractivity contribution < 1.29 is 4.79 Å². The van der Waals surface area contributed by atoms with Crippen LogP contribution in [0.15, 0.2) is 0 Å². The number of carbonyl (C=O) groups excluding carboxylic acids is 1. The lowest BCUT2D eigenvalue weighted by Gasteiger charge is -2.16. The molecule has 2 unspecified atom stereocenters. The summed E-state index contributed by atoms with van der Waals surface area (Å²) in [5.74, 6) is 0.864. The molecule has 58 valence electrons. The van der Waals surface area contributed by atoms with E-state index in [2.05, 4.69) is 19.2 Å². The van der Waals surface area contributed by atoms with Gasteiger partial charge in [-0.3, -0.25) is 4.79 Å². The molecule has 0 bridgehead atoms. The van der Waals surface area contributed by atoms with Crippen molar-refractivity contribution >= 4 is 5.91 Å². The summed E-state index contributed by atoms with van der Waals surface area (Å²) in [5, 5.41) is 2.95. The molecule has 0 aromatic carbocycles. The minimum absolute atomic E-state index is 0.219. The first-order valence-corrected chi connectivity index (χ1v) is 3.99. The molecule has 0 aliphatic carbocycles. The molecule has 0 radical (unpaired) electrons. The van der Waals surface area contributed by atoms with Gasteiger partial charge in [-0.1, -0.05) is 6.92 Å². The summed E-state index contributed by atoms with van der Waals surface area (Å²) in [6.07, 6.45) is 2.95. The average Bonchev–Trinajstić information content (AvgIpc) is 1.96. The third-order valence-corrected chi connectivity index (χ3v) is 2.31. The average molecular weight is 141 g/mol. The standard InChI is InChI=1S/C8H15NO/c1-6-4-3-5-8(10)9-7(6)2/h6-7H,3-5H2,1-2H3,(H,9,10). The smallest absolute Gasteiger partial charge is 0.220 e. The second-order valence-corrected chi connectivity index (χ2v) is 3.23. The van der Waals surface area contributed by atoms with Crippen LogP contribution in [0.5, 0.6) is 0 Å². The summed E-state index contributed by atoms with van der Waals surface area (Å²) in [5.41, 5.74) is 0. The first kappa shape index (κ1) is 7.58. The van der Waals surface area contributed by atoms with Crippen LogP contribution in [0.4, 0.5) is 0 Å². The molecule has 1 N–H and O–H groups in total. The zero-order valence-electron chi connectivity index (χ0n) is 6.68. The third kappa shape index (κ3) is 1.72. The fourth-order valence-electron chi connectivity index (χ4n) is 1.30. The lowest BCUT2D eigenvalue weighted by Crippen LogP contribution is -2.34.